The third-order valence-electron chi connectivity index (χ3n) is 22.4. The second-order valence-electron chi connectivity index (χ2n) is 28.0. The predicted octanol–water partition coefficient (Wildman–Crippen LogP) is 24.8. The summed E-state index contributed by atoms with van der Waals surface area (Å²) in [6, 6.07) is 118. The molecule has 11 nitrogen and oxygen atoms in total. The first-order valence-corrected chi connectivity index (χ1v) is 37.2. The Kier molecular flexibility index (Phi) is 12.3. The van der Waals surface area contributed by atoms with Crippen molar-refractivity contribution in [3.8, 4) is 78.6 Å². The Labute approximate surface area is 618 Å². The van der Waals surface area contributed by atoms with E-state index in [9.17, 15) is 0 Å². The van der Waals surface area contributed by atoms with Crippen LogP contribution in [-0.2, 0) is 0 Å². The number of nitrogens with zero attached hydrogens (tertiary/aromatic N) is 10. The van der Waals surface area contributed by atoms with Crippen molar-refractivity contribution in [3.05, 3.63) is 340 Å². The van der Waals surface area contributed by atoms with Gasteiger partial charge < -0.3 is 13.6 Å². The molecule has 10 heterocycles. The van der Waals surface area contributed by atoms with Gasteiger partial charge in [-0.05, 0) is 144 Å². The van der Waals surface area contributed by atoms with Gasteiger partial charge in [-0.3, -0.25) is 27.9 Å². The smallest absolute Gasteiger partial charge is 0.220 e. The minimum atomic E-state index is 0.771. The molecule has 108 heavy (non-hydrogen) atoms. The zero-order valence-corrected chi connectivity index (χ0v) is 58.4. The molecule has 24 aromatic rings. The lowest BCUT2D eigenvalue weighted by molar-refractivity contribution is 0.668. The van der Waals surface area contributed by atoms with Crippen molar-refractivity contribution in [2.75, 3.05) is 0 Å². The highest BCUT2D eigenvalue weighted by Gasteiger charge is 2.29. The minimum absolute atomic E-state index is 0.771. The van der Waals surface area contributed by atoms with Crippen molar-refractivity contribution >= 4 is 153 Å². The first kappa shape index (κ1) is 59.0. The molecule has 0 amide bonds. The number of aromatic nitrogens is 10. The molecule has 0 aliphatic carbocycles. The largest absolute Gasteiger partial charge is 0.454 e. The van der Waals surface area contributed by atoms with Gasteiger partial charge in [0.15, 0.2) is 5.58 Å². The number of thiophene rings is 1. The van der Waals surface area contributed by atoms with E-state index in [-0.39, 0.29) is 0 Å². The molecule has 0 unspecified atom stereocenters. The molecule has 0 spiro atoms. The highest BCUT2D eigenvalue weighted by Crippen LogP contribution is 2.49. The minimum Gasteiger partial charge on any atom is -0.454 e. The van der Waals surface area contributed by atoms with Crippen LogP contribution in [0.3, 0.4) is 0 Å². The third-order valence-corrected chi connectivity index (χ3v) is 23.6. The average Bonchev–Trinajstić information content (AvgIpc) is 1.53. The number of fused-ring (bicyclic) bond motifs is 24. The maximum Gasteiger partial charge on any atom is 0.220 e. The van der Waals surface area contributed by atoms with Gasteiger partial charge in [-0.25, -0.2) is 9.97 Å². The van der Waals surface area contributed by atoms with Gasteiger partial charge in [0.1, 0.15) is 11.3 Å². The van der Waals surface area contributed by atoms with Crippen molar-refractivity contribution in [1.29, 1.82) is 0 Å². The normalized spacial score (nSPS) is 12.3. The fraction of sp³-hybridized carbons (Fsp3) is 0. The van der Waals surface area contributed by atoms with E-state index in [1.165, 1.54) is 20.2 Å². The molecular formula is C96H56N10OS. The lowest BCUT2D eigenvalue weighted by Crippen LogP contribution is -1.98. The van der Waals surface area contributed by atoms with E-state index in [1.54, 1.807) is 0 Å². The van der Waals surface area contributed by atoms with E-state index in [2.05, 4.69) is 343 Å². The second kappa shape index (κ2) is 22.5. The Bertz CT molecular complexity index is 7970. The summed E-state index contributed by atoms with van der Waals surface area (Å²) in [5.74, 6) is 1.66. The van der Waals surface area contributed by atoms with Crippen LogP contribution in [0.15, 0.2) is 344 Å². The summed E-state index contributed by atoms with van der Waals surface area (Å²) in [7, 11) is 0. The van der Waals surface area contributed by atoms with E-state index in [1.807, 2.05) is 35.9 Å². The van der Waals surface area contributed by atoms with Gasteiger partial charge in [0.25, 0.3) is 0 Å². The molecule has 24 rings (SSSR count). The summed E-state index contributed by atoms with van der Waals surface area (Å²) in [6.45, 7) is 0. The number of hydrogen-bond donors (Lipinski definition) is 0. The van der Waals surface area contributed by atoms with E-state index < -0.39 is 0 Å². The van der Waals surface area contributed by atoms with Crippen LogP contribution in [0.2, 0.25) is 0 Å². The van der Waals surface area contributed by atoms with Crippen molar-refractivity contribution in [1.82, 2.24) is 47.0 Å². The zero-order valence-electron chi connectivity index (χ0n) is 57.6. The van der Waals surface area contributed by atoms with Crippen LogP contribution < -0.4 is 0 Å². The van der Waals surface area contributed by atoms with Crippen LogP contribution in [0.1, 0.15) is 0 Å². The second-order valence-corrected chi connectivity index (χ2v) is 29.0. The molecule has 0 saturated carbocycles. The van der Waals surface area contributed by atoms with Crippen molar-refractivity contribution < 1.29 is 4.42 Å². The lowest BCUT2D eigenvalue weighted by atomic mass is 9.95. The van der Waals surface area contributed by atoms with Gasteiger partial charge in [0, 0.05) is 93.8 Å². The SMILES string of the molecule is c1ccc(-n2c3ccc4c(c5ccccc5n4-c4ccccc4-c4ccccc4-c4nccc5c4oc4ccccc45)c3n3c4cc(-c5cccc(-n6c7ccc8c(c9ccccc9n8-c8ccccc8-c8ccccc8-c8nccc9c8sc8ccccc89)c7n7c8ccccc8nc67)c5)ccc4nc23)cc1. The first-order valence-electron chi connectivity index (χ1n) is 36.4. The summed E-state index contributed by atoms with van der Waals surface area (Å²) >= 11 is 1.81. The van der Waals surface area contributed by atoms with Crippen LogP contribution in [0, 0.1) is 0 Å². The Hall–Kier alpha value is -14.5. The van der Waals surface area contributed by atoms with Crippen LogP contribution in [0.25, 0.3) is 220 Å². The van der Waals surface area contributed by atoms with E-state index in [0.717, 1.165) is 200 Å². The summed E-state index contributed by atoms with van der Waals surface area (Å²) < 4.78 is 23.5. The number of rotatable bonds is 9. The Balaban J connectivity index is 0.688. The zero-order chi connectivity index (χ0) is 70.4. The van der Waals surface area contributed by atoms with E-state index in [0.29, 0.717) is 0 Å². The van der Waals surface area contributed by atoms with Gasteiger partial charge in [-0.15, -0.1) is 11.3 Å². The molecule has 502 valence electrons. The average molecular weight is 1400 g/mol. The van der Waals surface area contributed by atoms with Crippen molar-refractivity contribution in [2.24, 2.45) is 0 Å². The molecule has 14 aromatic carbocycles. The van der Waals surface area contributed by atoms with Gasteiger partial charge in [0.05, 0.1) is 88.0 Å². The predicted molar refractivity (Wildman–Crippen MR) is 444 cm³/mol. The molecule has 12 heteroatoms. The fourth-order valence-electron chi connectivity index (χ4n) is 17.8. The molecule has 0 bridgehead atoms. The Morgan fingerprint density at radius 3 is 1.46 bits per heavy atom. The topological polar surface area (TPSA) is 93.2 Å². The quantitative estimate of drug-likeness (QED) is 0.144. The summed E-state index contributed by atoms with van der Waals surface area (Å²) in [5, 5.41) is 9.15. The molecule has 0 radical (unpaired) electrons. The van der Waals surface area contributed by atoms with Crippen LogP contribution >= 0.6 is 11.3 Å². The lowest BCUT2D eigenvalue weighted by Gasteiger charge is -2.17. The monoisotopic (exact) mass is 1400 g/mol. The molecule has 0 aliphatic heterocycles. The van der Waals surface area contributed by atoms with Crippen LogP contribution in [-0.4, -0.2) is 47.0 Å². The van der Waals surface area contributed by atoms with Crippen LogP contribution in [0.5, 0.6) is 0 Å². The van der Waals surface area contributed by atoms with Gasteiger partial charge in [-0.1, -0.05) is 206 Å². The number of benzene rings is 14. The Morgan fingerprint density at radius 1 is 0.287 bits per heavy atom. The number of imidazole rings is 4. The standard InChI is InChI=1S/C96H56N10OS/c1-2-24-59(25-3-1)101-82-49-47-81-88(72-36-11-18-41-78(72)103(81)75-38-15-8-29-63(75)61-27-4-6-33-67(61)89-93-69(51-53-97-89)65-31-12-20-43-85(65)107-93)92(82)106-84-56-58(45-46-74(84)100-95(101)106)57-23-22-26-60(55-57)102-83-50-48-80-87(91(83)105-79-42-19-14-37-73(79)99-96(102)105)71-35-10-17-40-77(71)104(80)76-39-16-9-30-64(76)62-28-5-7-34-68(62)90-94-70(52-54-98-90)66-32-13-21-44-86(66)108-94/h1-56H. The highest BCUT2D eigenvalue weighted by atomic mass is 32.1. The van der Waals surface area contributed by atoms with Gasteiger partial charge >= 0.3 is 0 Å². The summed E-state index contributed by atoms with van der Waals surface area (Å²) in [6.07, 6.45) is 3.87. The van der Waals surface area contributed by atoms with Gasteiger partial charge in [-0.2, -0.15) is 0 Å². The molecule has 0 atom stereocenters. The summed E-state index contributed by atoms with van der Waals surface area (Å²) in [5.41, 5.74) is 28.6. The van der Waals surface area contributed by atoms with Crippen molar-refractivity contribution in [3.63, 3.8) is 0 Å². The van der Waals surface area contributed by atoms with Gasteiger partial charge in [0.2, 0.25) is 11.6 Å². The molecular weight excluding hydrogens is 1340 g/mol. The maximum absolute atomic E-state index is 6.66. The molecule has 0 aliphatic rings. The molecule has 0 N–H and O–H groups in total. The van der Waals surface area contributed by atoms with E-state index >= 15 is 0 Å². The first-order chi connectivity index (χ1) is 53.6. The Morgan fingerprint density at radius 2 is 0.778 bits per heavy atom. The number of furan rings is 1. The molecule has 0 fully saturated rings. The molecule has 10 aromatic heterocycles. The fourth-order valence-corrected chi connectivity index (χ4v) is 19.0. The highest BCUT2D eigenvalue weighted by molar-refractivity contribution is 7.26. The third kappa shape index (κ3) is 8.25. The molecule has 0 saturated heterocycles. The number of pyridine rings is 2. The number of hydrogen-bond acceptors (Lipinski definition) is 6. The van der Waals surface area contributed by atoms with E-state index in [4.69, 9.17) is 24.4 Å². The maximum atomic E-state index is 6.66. The number of para-hydroxylation sites is 8. The summed E-state index contributed by atoms with van der Waals surface area (Å²) in [4.78, 5) is 21.4. The van der Waals surface area contributed by atoms with Crippen molar-refractivity contribution in [2.45, 2.75) is 0 Å². The van der Waals surface area contributed by atoms with Crippen LogP contribution in [0.4, 0.5) is 0 Å².